The maximum atomic E-state index is 13.6. The zero-order chi connectivity index (χ0) is 28.3. The standard InChI is InChI=1S/C30H33N5O4/c1-18-7-6-8-21(13-18)23-10-12-26(30(4,5)17-31)35(23)27(36)16-32-28(37)22-9-11-24(19(2)14-22)39-25-15-20(3)33-34-29(25)38/h6-9,11,13-15,23,26H,10,12,16H2,1-5H3,(H,32,37)(H,34,38)/t23-,26+/m0/s1. The fraction of sp³-hybridized carbons (Fsp3) is 0.367. The van der Waals surface area contributed by atoms with E-state index in [0.29, 0.717) is 29.0 Å². The number of carbonyl (C=O) groups is 2. The summed E-state index contributed by atoms with van der Waals surface area (Å²) < 4.78 is 5.74. The highest BCUT2D eigenvalue weighted by Gasteiger charge is 2.45. The number of aryl methyl sites for hydroxylation is 3. The second-order valence-corrected chi connectivity index (χ2v) is 10.6. The normalized spacial score (nSPS) is 17.0. The fourth-order valence-electron chi connectivity index (χ4n) is 5.08. The van der Waals surface area contributed by atoms with Crippen molar-refractivity contribution in [2.24, 2.45) is 5.41 Å². The van der Waals surface area contributed by atoms with Gasteiger partial charge >= 0.3 is 5.56 Å². The summed E-state index contributed by atoms with van der Waals surface area (Å²) in [5.41, 5.74) is 2.55. The number of amides is 2. The van der Waals surface area contributed by atoms with Crippen molar-refractivity contribution >= 4 is 11.8 Å². The molecule has 1 aromatic heterocycles. The number of aromatic amines is 1. The predicted molar refractivity (Wildman–Crippen MR) is 146 cm³/mol. The van der Waals surface area contributed by atoms with Crippen LogP contribution in [0.2, 0.25) is 0 Å². The first-order valence-electron chi connectivity index (χ1n) is 12.9. The van der Waals surface area contributed by atoms with Crippen LogP contribution in [0.1, 0.15) is 65.5 Å². The maximum Gasteiger partial charge on any atom is 0.307 e. The third-order valence-electron chi connectivity index (χ3n) is 7.18. The number of rotatable bonds is 7. The molecule has 0 saturated carbocycles. The molecule has 2 aromatic carbocycles. The number of hydrogen-bond donors (Lipinski definition) is 2. The van der Waals surface area contributed by atoms with Gasteiger partial charge in [-0.05, 0) is 76.8 Å². The van der Waals surface area contributed by atoms with Gasteiger partial charge in [-0.15, -0.1) is 0 Å². The third kappa shape index (κ3) is 6.01. The maximum absolute atomic E-state index is 13.6. The van der Waals surface area contributed by atoms with Crippen LogP contribution in [0, 0.1) is 37.5 Å². The van der Waals surface area contributed by atoms with E-state index in [2.05, 4.69) is 27.6 Å². The number of aromatic nitrogens is 2. The highest BCUT2D eigenvalue weighted by atomic mass is 16.5. The molecule has 4 rings (SSSR count). The van der Waals surface area contributed by atoms with Crippen molar-refractivity contribution < 1.29 is 14.3 Å². The quantitative estimate of drug-likeness (QED) is 0.466. The van der Waals surface area contributed by atoms with E-state index in [1.165, 1.54) is 6.07 Å². The van der Waals surface area contributed by atoms with Crippen LogP contribution in [0.25, 0.3) is 0 Å². The number of carbonyl (C=O) groups excluding carboxylic acids is 2. The van der Waals surface area contributed by atoms with Crippen LogP contribution < -0.4 is 15.6 Å². The fourth-order valence-corrected chi connectivity index (χ4v) is 5.08. The zero-order valence-corrected chi connectivity index (χ0v) is 22.9. The molecule has 0 radical (unpaired) electrons. The van der Waals surface area contributed by atoms with Crippen molar-refractivity contribution in [2.75, 3.05) is 6.54 Å². The van der Waals surface area contributed by atoms with Crippen molar-refractivity contribution in [3.05, 3.63) is 86.8 Å². The monoisotopic (exact) mass is 527 g/mol. The first-order valence-corrected chi connectivity index (χ1v) is 12.9. The second-order valence-electron chi connectivity index (χ2n) is 10.6. The second kappa shape index (κ2) is 11.1. The molecule has 1 aliphatic heterocycles. The van der Waals surface area contributed by atoms with E-state index in [-0.39, 0.29) is 30.3 Å². The smallest absolute Gasteiger partial charge is 0.307 e. The van der Waals surface area contributed by atoms with Gasteiger partial charge in [0.1, 0.15) is 5.75 Å². The molecule has 9 nitrogen and oxygen atoms in total. The highest BCUT2D eigenvalue weighted by Crippen LogP contribution is 2.43. The summed E-state index contributed by atoms with van der Waals surface area (Å²) in [5, 5.41) is 18.8. The molecule has 1 aliphatic rings. The Morgan fingerprint density at radius 1 is 1.13 bits per heavy atom. The van der Waals surface area contributed by atoms with Crippen molar-refractivity contribution in [3.63, 3.8) is 0 Å². The number of hydrogen-bond acceptors (Lipinski definition) is 6. The van der Waals surface area contributed by atoms with E-state index in [0.717, 1.165) is 17.5 Å². The summed E-state index contributed by atoms with van der Waals surface area (Å²) in [6.45, 7) is 9.02. The molecule has 0 spiro atoms. The lowest BCUT2D eigenvalue weighted by atomic mass is 9.84. The Balaban J connectivity index is 1.49. The highest BCUT2D eigenvalue weighted by molar-refractivity contribution is 5.97. The Hall–Kier alpha value is -4.45. The number of ether oxygens (including phenoxy) is 1. The van der Waals surface area contributed by atoms with Crippen molar-refractivity contribution in [3.8, 4) is 17.6 Å². The Labute approximate surface area is 227 Å². The summed E-state index contributed by atoms with van der Waals surface area (Å²) in [4.78, 5) is 40.3. The van der Waals surface area contributed by atoms with Gasteiger partial charge in [0.15, 0.2) is 5.75 Å². The molecule has 39 heavy (non-hydrogen) atoms. The first kappa shape index (κ1) is 27.6. The number of nitrogens with zero attached hydrogens (tertiary/aromatic N) is 3. The van der Waals surface area contributed by atoms with Gasteiger partial charge in [0.05, 0.1) is 35.8 Å². The van der Waals surface area contributed by atoms with Gasteiger partial charge in [-0.1, -0.05) is 29.8 Å². The Morgan fingerprint density at radius 2 is 1.90 bits per heavy atom. The van der Waals surface area contributed by atoms with E-state index < -0.39 is 16.9 Å². The van der Waals surface area contributed by atoms with Gasteiger partial charge in [-0.25, -0.2) is 5.10 Å². The molecule has 3 aromatic rings. The summed E-state index contributed by atoms with van der Waals surface area (Å²) >= 11 is 0. The van der Waals surface area contributed by atoms with Crippen LogP contribution in [0.4, 0.5) is 0 Å². The minimum absolute atomic E-state index is 0.108. The van der Waals surface area contributed by atoms with Crippen LogP contribution in [-0.2, 0) is 4.79 Å². The molecule has 0 bridgehead atoms. The Bertz CT molecular complexity index is 1500. The molecule has 1 saturated heterocycles. The van der Waals surface area contributed by atoms with Gasteiger partial charge in [-0.3, -0.25) is 14.4 Å². The Kier molecular flexibility index (Phi) is 7.86. The first-order chi connectivity index (χ1) is 18.5. The molecular weight excluding hydrogens is 494 g/mol. The van der Waals surface area contributed by atoms with Gasteiger partial charge < -0.3 is 15.0 Å². The lowest BCUT2D eigenvalue weighted by Gasteiger charge is -2.36. The van der Waals surface area contributed by atoms with Crippen LogP contribution in [0.3, 0.4) is 0 Å². The van der Waals surface area contributed by atoms with Crippen molar-refractivity contribution in [2.45, 2.75) is 59.5 Å². The molecule has 202 valence electrons. The van der Waals surface area contributed by atoms with E-state index in [1.807, 2.05) is 39.0 Å². The van der Waals surface area contributed by atoms with Crippen LogP contribution in [0.5, 0.6) is 11.5 Å². The van der Waals surface area contributed by atoms with Gasteiger partial charge in [0.25, 0.3) is 5.91 Å². The molecule has 2 atom stereocenters. The molecule has 9 heteroatoms. The lowest BCUT2D eigenvalue weighted by molar-refractivity contribution is -0.134. The number of H-pyrrole nitrogens is 1. The molecule has 0 unspecified atom stereocenters. The SMILES string of the molecule is Cc1cccc([C@@H]2CC[C@H](C(C)(C)C#N)N2C(=O)CNC(=O)c2ccc(Oc3cc(C)n[nH]c3=O)c(C)c2)c1. The molecular formula is C30H33N5O4. The van der Waals surface area contributed by atoms with Gasteiger partial charge in [0, 0.05) is 11.6 Å². The summed E-state index contributed by atoms with van der Waals surface area (Å²) in [7, 11) is 0. The molecule has 2 N–H and O–H groups in total. The van der Waals surface area contributed by atoms with Gasteiger partial charge in [-0.2, -0.15) is 10.4 Å². The summed E-state index contributed by atoms with van der Waals surface area (Å²) in [6, 6.07) is 16.4. The van der Waals surface area contributed by atoms with Crippen LogP contribution >= 0.6 is 0 Å². The average Bonchev–Trinajstić information content (AvgIpc) is 3.37. The number of nitriles is 1. The van der Waals surface area contributed by atoms with E-state index in [4.69, 9.17) is 4.74 Å². The van der Waals surface area contributed by atoms with Crippen molar-refractivity contribution in [1.82, 2.24) is 20.4 Å². The van der Waals surface area contributed by atoms with Crippen LogP contribution in [0.15, 0.2) is 53.3 Å². The average molecular weight is 528 g/mol. The van der Waals surface area contributed by atoms with E-state index in [1.54, 1.807) is 36.9 Å². The minimum atomic E-state index is -0.736. The molecule has 2 amide bonds. The van der Waals surface area contributed by atoms with E-state index >= 15 is 0 Å². The molecule has 2 heterocycles. The topological polar surface area (TPSA) is 128 Å². The number of likely N-dealkylation sites (tertiary alicyclic amines) is 1. The minimum Gasteiger partial charge on any atom is -0.451 e. The largest absolute Gasteiger partial charge is 0.451 e. The Morgan fingerprint density at radius 3 is 2.59 bits per heavy atom. The lowest BCUT2D eigenvalue weighted by Crippen LogP contribution is -2.48. The van der Waals surface area contributed by atoms with E-state index in [9.17, 15) is 19.6 Å². The predicted octanol–water partition coefficient (Wildman–Crippen LogP) is 4.50. The number of nitrogens with one attached hydrogen (secondary N) is 2. The van der Waals surface area contributed by atoms with Crippen LogP contribution in [-0.4, -0.2) is 39.5 Å². The molecule has 1 fully saturated rings. The zero-order valence-electron chi connectivity index (χ0n) is 22.9. The third-order valence-corrected chi connectivity index (χ3v) is 7.18. The van der Waals surface area contributed by atoms with Crippen molar-refractivity contribution in [1.29, 1.82) is 5.26 Å². The summed E-state index contributed by atoms with van der Waals surface area (Å²) in [6.07, 6.45) is 1.46. The summed E-state index contributed by atoms with van der Waals surface area (Å²) in [5.74, 6) is -0.0990. The number of benzene rings is 2. The van der Waals surface area contributed by atoms with Gasteiger partial charge in [0.2, 0.25) is 5.91 Å². The molecule has 0 aliphatic carbocycles.